The molecular weight excluding hydrogens is 428 g/mol. The Bertz CT molecular complexity index is 1600. The van der Waals surface area contributed by atoms with Crippen LogP contribution in [0.15, 0.2) is 66.9 Å². The standard InChI is InChI=1S/C31H31N4/c1-19(2)24-10-9-11-25(20(3)4)30(24)35-29-13-8-7-12-28(29)34(6)31(35)26-16-27-23(14-21(26)5)15-22(17-32)18-33-27/h7-16,18-20H,1-6H3/q+1. The van der Waals surface area contributed by atoms with E-state index in [1.807, 2.05) is 6.07 Å². The van der Waals surface area contributed by atoms with Gasteiger partial charge in [0.15, 0.2) is 11.0 Å². The predicted molar refractivity (Wildman–Crippen MR) is 143 cm³/mol. The molecule has 0 atom stereocenters. The third kappa shape index (κ3) is 3.68. The quantitative estimate of drug-likeness (QED) is 0.269. The number of fused-ring (bicyclic) bond motifs is 2. The Labute approximate surface area is 207 Å². The maximum atomic E-state index is 9.32. The number of benzene rings is 3. The van der Waals surface area contributed by atoms with E-state index in [4.69, 9.17) is 0 Å². The molecule has 0 amide bonds. The van der Waals surface area contributed by atoms with Crippen molar-refractivity contribution in [3.8, 4) is 23.1 Å². The Balaban J connectivity index is 1.94. The third-order valence-electron chi connectivity index (χ3n) is 6.98. The van der Waals surface area contributed by atoms with Gasteiger partial charge in [0.2, 0.25) is 0 Å². The Morgan fingerprint density at radius 1 is 0.914 bits per heavy atom. The minimum absolute atomic E-state index is 0.381. The van der Waals surface area contributed by atoms with E-state index in [0.717, 1.165) is 27.9 Å². The van der Waals surface area contributed by atoms with E-state index in [-0.39, 0.29) is 0 Å². The normalized spacial score (nSPS) is 11.6. The van der Waals surface area contributed by atoms with Crippen LogP contribution in [0.4, 0.5) is 0 Å². The molecule has 3 aromatic carbocycles. The first kappa shape index (κ1) is 22.8. The van der Waals surface area contributed by atoms with Crippen LogP contribution in [0.2, 0.25) is 0 Å². The van der Waals surface area contributed by atoms with Gasteiger partial charge in [-0.3, -0.25) is 4.98 Å². The summed E-state index contributed by atoms with van der Waals surface area (Å²) in [5, 5.41) is 10.3. The summed E-state index contributed by atoms with van der Waals surface area (Å²) in [6, 6.07) is 23.8. The van der Waals surface area contributed by atoms with Crippen LogP contribution in [0.25, 0.3) is 39.0 Å². The number of pyridine rings is 1. The minimum Gasteiger partial charge on any atom is -0.255 e. The fourth-order valence-corrected chi connectivity index (χ4v) is 5.20. The van der Waals surface area contributed by atoms with Crippen molar-refractivity contribution in [2.24, 2.45) is 7.05 Å². The van der Waals surface area contributed by atoms with Gasteiger partial charge >= 0.3 is 0 Å². The van der Waals surface area contributed by atoms with Crippen LogP contribution in [0.5, 0.6) is 0 Å². The van der Waals surface area contributed by atoms with Gasteiger partial charge in [0.1, 0.15) is 11.8 Å². The van der Waals surface area contributed by atoms with Crippen LogP contribution >= 0.6 is 0 Å². The van der Waals surface area contributed by atoms with Gasteiger partial charge in [0.25, 0.3) is 5.82 Å². The number of rotatable bonds is 4. The Morgan fingerprint density at radius 3 is 2.26 bits per heavy atom. The number of hydrogen-bond acceptors (Lipinski definition) is 2. The van der Waals surface area contributed by atoms with Gasteiger partial charge in [-0.25, -0.2) is 4.57 Å². The molecule has 0 aliphatic heterocycles. The van der Waals surface area contributed by atoms with Crippen LogP contribution in [0, 0.1) is 18.3 Å². The summed E-state index contributed by atoms with van der Waals surface area (Å²) in [5.74, 6) is 1.89. The molecule has 2 aromatic heterocycles. The van der Waals surface area contributed by atoms with Gasteiger partial charge in [0.05, 0.1) is 23.7 Å². The topological polar surface area (TPSA) is 45.5 Å². The zero-order valence-corrected chi connectivity index (χ0v) is 21.3. The minimum atomic E-state index is 0.381. The molecule has 5 rings (SSSR count). The van der Waals surface area contributed by atoms with Crippen molar-refractivity contribution < 1.29 is 4.57 Å². The smallest absolute Gasteiger partial charge is 0.255 e. The van der Waals surface area contributed by atoms with Crippen molar-refractivity contribution in [3.63, 3.8) is 0 Å². The van der Waals surface area contributed by atoms with E-state index < -0.39 is 0 Å². The van der Waals surface area contributed by atoms with E-state index in [1.165, 1.54) is 27.8 Å². The second-order valence-corrected chi connectivity index (χ2v) is 10.00. The van der Waals surface area contributed by atoms with Crippen LogP contribution in [0.3, 0.4) is 0 Å². The highest BCUT2D eigenvalue weighted by Crippen LogP contribution is 2.37. The van der Waals surface area contributed by atoms with E-state index in [0.29, 0.717) is 17.4 Å². The van der Waals surface area contributed by atoms with Crippen molar-refractivity contribution in [1.82, 2.24) is 9.55 Å². The van der Waals surface area contributed by atoms with Crippen LogP contribution in [0.1, 0.15) is 61.8 Å². The molecule has 0 saturated heterocycles. The molecule has 35 heavy (non-hydrogen) atoms. The molecule has 2 heterocycles. The highest BCUT2D eigenvalue weighted by atomic mass is 15.2. The Morgan fingerprint density at radius 2 is 1.60 bits per heavy atom. The molecule has 4 heteroatoms. The summed E-state index contributed by atoms with van der Waals surface area (Å²) >= 11 is 0. The lowest BCUT2D eigenvalue weighted by molar-refractivity contribution is -0.633. The molecule has 0 fully saturated rings. The van der Waals surface area contributed by atoms with E-state index >= 15 is 0 Å². The van der Waals surface area contributed by atoms with E-state index in [9.17, 15) is 5.26 Å². The molecule has 0 saturated carbocycles. The molecule has 0 aliphatic carbocycles. The summed E-state index contributed by atoms with van der Waals surface area (Å²) in [6.45, 7) is 11.2. The molecule has 0 bridgehead atoms. The van der Waals surface area contributed by atoms with E-state index in [2.05, 4.69) is 116 Å². The summed E-state index contributed by atoms with van der Waals surface area (Å²) in [6.07, 6.45) is 1.65. The highest BCUT2D eigenvalue weighted by molar-refractivity contribution is 5.88. The first-order valence-corrected chi connectivity index (χ1v) is 12.2. The number of hydrogen-bond donors (Lipinski definition) is 0. The molecule has 0 N–H and O–H groups in total. The highest BCUT2D eigenvalue weighted by Gasteiger charge is 2.31. The van der Waals surface area contributed by atoms with Gasteiger partial charge in [-0.05, 0) is 54.7 Å². The first-order chi connectivity index (χ1) is 16.8. The van der Waals surface area contributed by atoms with Gasteiger partial charge in [-0.1, -0.05) is 58.0 Å². The van der Waals surface area contributed by atoms with Crippen molar-refractivity contribution in [3.05, 3.63) is 89.1 Å². The van der Waals surface area contributed by atoms with Crippen LogP contribution < -0.4 is 4.57 Å². The number of aromatic nitrogens is 3. The summed E-state index contributed by atoms with van der Waals surface area (Å²) in [5.41, 5.74) is 10.1. The summed E-state index contributed by atoms with van der Waals surface area (Å²) in [7, 11) is 2.15. The maximum absolute atomic E-state index is 9.32. The molecule has 0 radical (unpaired) electrons. The SMILES string of the molecule is Cc1cc2cc(C#N)cnc2cc1-c1n(-c2c(C(C)C)cccc2C(C)C)c2ccccc2[n+]1C. The Hall–Kier alpha value is -3.97. The van der Waals surface area contributed by atoms with Gasteiger partial charge in [-0.15, -0.1) is 0 Å². The fourth-order valence-electron chi connectivity index (χ4n) is 5.20. The molecular formula is C31H31N4+. The largest absolute Gasteiger partial charge is 0.295 e. The summed E-state index contributed by atoms with van der Waals surface area (Å²) in [4.78, 5) is 4.62. The number of nitrogens with zero attached hydrogens (tertiary/aromatic N) is 4. The Kier molecular flexibility index (Phi) is 5.65. The zero-order chi connectivity index (χ0) is 24.9. The molecule has 4 nitrogen and oxygen atoms in total. The first-order valence-electron chi connectivity index (χ1n) is 12.2. The van der Waals surface area contributed by atoms with Crippen molar-refractivity contribution in [2.75, 3.05) is 0 Å². The average molecular weight is 460 g/mol. The molecule has 174 valence electrons. The number of imidazole rings is 1. The molecule has 0 aliphatic rings. The lowest BCUT2D eigenvalue weighted by Crippen LogP contribution is -2.30. The predicted octanol–water partition coefficient (Wildman–Crippen LogP) is 7.10. The van der Waals surface area contributed by atoms with Gasteiger partial charge in [-0.2, -0.15) is 9.83 Å². The van der Waals surface area contributed by atoms with Gasteiger partial charge in [0, 0.05) is 22.7 Å². The van der Waals surface area contributed by atoms with Crippen LogP contribution in [-0.4, -0.2) is 9.55 Å². The van der Waals surface area contributed by atoms with Crippen molar-refractivity contribution >= 4 is 21.9 Å². The summed E-state index contributed by atoms with van der Waals surface area (Å²) < 4.78 is 4.76. The average Bonchev–Trinajstić information content (AvgIpc) is 3.14. The van der Waals surface area contributed by atoms with Crippen molar-refractivity contribution in [2.45, 2.75) is 46.5 Å². The van der Waals surface area contributed by atoms with Crippen molar-refractivity contribution in [1.29, 1.82) is 5.26 Å². The third-order valence-corrected chi connectivity index (χ3v) is 6.98. The number of nitriles is 1. The lowest BCUT2D eigenvalue weighted by atomic mass is 9.92. The molecule has 0 unspecified atom stereocenters. The number of para-hydroxylation sites is 3. The number of aryl methyl sites for hydroxylation is 2. The zero-order valence-electron chi connectivity index (χ0n) is 21.3. The second-order valence-electron chi connectivity index (χ2n) is 10.00. The van der Waals surface area contributed by atoms with Crippen LogP contribution in [-0.2, 0) is 7.05 Å². The lowest BCUT2D eigenvalue weighted by Gasteiger charge is -2.18. The van der Waals surface area contributed by atoms with Gasteiger partial charge < -0.3 is 0 Å². The second kappa shape index (κ2) is 8.67. The molecule has 0 spiro atoms. The molecule has 5 aromatic rings. The monoisotopic (exact) mass is 459 g/mol. The van der Waals surface area contributed by atoms with E-state index in [1.54, 1.807) is 6.20 Å². The fraction of sp³-hybridized carbons (Fsp3) is 0.258. The maximum Gasteiger partial charge on any atom is 0.295 e.